The molecule has 0 aliphatic rings. The third-order valence-corrected chi connectivity index (χ3v) is 4.01. The maximum Gasteiger partial charge on any atom is 0.219 e. The molecule has 0 aliphatic heterocycles. The van der Waals surface area contributed by atoms with Crippen LogP contribution in [0.15, 0.2) is 60.7 Å². The molecule has 2 rings (SSSR count). The van der Waals surface area contributed by atoms with Gasteiger partial charge in [-0.25, -0.2) is 0 Å². The zero-order chi connectivity index (χ0) is 12.8. The van der Waals surface area contributed by atoms with Gasteiger partial charge in [-0.3, -0.25) is 4.79 Å². The molecule has 0 aromatic heterocycles. The highest BCUT2D eigenvalue weighted by molar-refractivity contribution is 8.14. The molecule has 2 aromatic carbocycles. The molecule has 2 aromatic rings. The molecule has 1 atom stereocenters. The first-order chi connectivity index (χ1) is 8.77. The number of rotatable bonds is 4. The zero-order valence-electron chi connectivity index (χ0n) is 10.4. The summed E-state index contributed by atoms with van der Waals surface area (Å²) in [6, 6.07) is 19.8. The Labute approximate surface area is 112 Å². The molecule has 0 saturated heterocycles. The second kappa shape index (κ2) is 6.41. The van der Waals surface area contributed by atoms with Crippen molar-refractivity contribution < 1.29 is 4.79 Å². The van der Waals surface area contributed by atoms with E-state index in [0.29, 0.717) is 5.92 Å². The highest BCUT2D eigenvalue weighted by Gasteiger charge is 2.10. The highest BCUT2D eigenvalue weighted by atomic mass is 32.2. The molecule has 0 spiro atoms. The summed E-state index contributed by atoms with van der Waals surface area (Å²) < 4.78 is 0. The topological polar surface area (TPSA) is 17.1 Å². The van der Waals surface area contributed by atoms with E-state index < -0.39 is 0 Å². The molecule has 1 unspecified atom stereocenters. The molecule has 0 fully saturated rings. The van der Waals surface area contributed by atoms with E-state index in [9.17, 15) is 4.79 Å². The van der Waals surface area contributed by atoms with E-state index >= 15 is 0 Å². The molecular formula is C16H16OS. The lowest BCUT2D eigenvalue weighted by Crippen LogP contribution is -2.01. The largest absolute Gasteiger partial charge is 0.282 e. The van der Waals surface area contributed by atoms with Gasteiger partial charge in [0.15, 0.2) is 0 Å². The van der Waals surface area contributed by atoms with Crippen LogP contribution < -0.4 is 0 Å². The Balaban J connectivity index is 1.91. The Kier molecular flexibility index (Phi) is 4.59. The quantitative estimate of drug-likeness (QED) is 0.808. The maximum atomic E-state index is 11.9. The minimum Gasteiger partial charge on any atom is -0.282 e. The smallest absolute Gasteiger partial charge is 0.219 e. The standard InChI is InChI=1S/C16H16OS/c1-13(14-8-4-2-5-9-14)12-18-16(17)15-10-6-3-7-11-15/h2-11,13H,12H2,1H3. The summed E-state index contributed by atoms with van der Waals surface area (Å²) in [7, 11) is 0. The highest BCUT2D eigenvalue weighted by Crippen LogP contribution is 2.22. The van der Waals surface area contributed by atoms with Crippen molar-refractivity contribution in [2.45, 2.75) is 12.8 Å². The summed E-state index contributed by atoms with van der Waals surface area (Å²) in [4.78, 5) is 11.9. The molecule has 0 N–H and O–H groups in total. The summed E-state index contributed by atoms with van der Waals surface area (Å²) in [5.41, 5.74) is 2.06. The molecule has 0 saturated carbocycles. The van der Waals surface area contributed by atoms with Crippen LogP contribution in [-0.2, 0) is 0 Å². The number of carbonyl (C=O) groups excluding carboxylic acids is 1. The van der Waals surface area contributed by atoms with Crippen molar-refractivity contribution in [3.63, 3.8) is 0 Å². The Morgan fingerprint density at radius 3 is 2.17 bits per heavy atom. The summed E-state index contributed by atoms with van der Waals surface area (Å²) in [6.45, 7) is 2.15. The van der Waals surface area contributed by atoms with Gasteiger partial charge in [0.1, 0.15) is 0 Å². The van der Waals surface area contributed by atoms with Crippen molar-refractivity contribution in [2.24, 2.45) is 0 Å². The van der Waals surface area contributed by atoms with Crippen molar-refractivity contribution in [2.75, 3.05) is 5.75 Å². The number of hydrogen-bond acceptors (Lipinski definition) is 2. The van der Waals surface area contributed by atoms with Gasteiger partial charge in [0, 0.05) is 11.3 Å². The zero-order valence-corrected chi connectivity index (χ0v) is 11.2. The van der Waals surface area contributed by atoms with Gasteiger partial charge in [-0.05, 0) is 11.5 Å². The van der Waals surface area contributed by atoms with Crippen molar-refractivity contribution in [3.05, 3.63) is 71.8 Å². The van der Waals surface area contributed by atoms with Gasteiger partial charge in [0.25, 0.3) is 0 Å². The van der Waals surface area contributed by atoms with Gasteiger partial charge < -0.3 is 0 Å². The minimum absolute atomic E-state index is 0.151. The first-order valence-corrected chi connectivity index (χ1v) is 7.03. The van der Waals surface area contributed by atoms with Gasteiger partial charge in [-0.15, -0.1) is 0 Å². The van der Waals surface area contributed by atoms with Crippen molar-refractivity contribution in [1.29, 1.82) is 0 Å². The van der Waals surface area contributed by atoms with Gasteiger partial charge in [-0.1, -0.05) is 79.3 Å². The SMILES string of the molecule is CC(CSC(=O)c1ccccc1)c1ccccc1. The fourth-order valence-corrected chi connectivity index (χ4v) is 2.63. The molecular weight excluding hydrogens is 240 g/mol. The average Bonchev–Trinajstić information content (AvgIpc) is 2.46. The van der Waals surface area contributed by atoms with Crippen LogP contribution in [0.5, 0.6) is 0 Å². The summed E-state index contributed by atoms with van der Waals surface area (Å²) >= 11 is 1.39. The number of thioether (sulfide) groups is 1. The normalized spacial score (nSPS) is 12.1. The van der Waals surface area contributed by atoms with E-state index in [1.807, 2.05) is 48.5 Å². The average molecular weight is 256 g/mol. The van der Waals surface area contributed by atoms with Gasteiger partial charge >= 0.3 is 0 Å². The van der Waals surface area contributed by atoms with Crippen molar-refractivity contribution in [3.8, 4) is 0 Å². The lowest BCUT2D eigenvalue weighted by atomic mass is 10.0. The van der Waals surface area contributed by atoms with E-state index in [1.54, 1.807) is 0 Å². The van der Waals surface area contributed by atoms with Gasteiger partial charge in [-0.2, -0.15) is 0 Å². The summed E-state index contributed by atoms with van der Waals surface area (Å²) in [5.74, 6) is 1.21. The molecule has 0 heterocycles. The van der Waals surface area contributed by atoms with Crippen LogP contribution in [0.1, 0.15) is 28.8 Å². The Bertz CT molecular complexity index is 493. The Hall–Kier alpha value is -1.54. The van der Waals surface area contributed by atoms with Crippen LogP contribution in [0.4, 0.5) is 0 Å². The molecule has 92 valence electrons. The van der Waals surface area contributed by atoms with E-state index in [0.717, 1.165) is 11.3 Å². The predicted molar refractivity (Wildman–Crippen MR) is 78.1 cm³/mol. The van der Waals surface area contributed by atoms with Gasteiger partial charge in [0.05, 0.1) is 0 Å². The van der Waals surface area contributed by atoms with E-state index in [2.05, 4.69) is 19.1 Å². The fraction of sp³-hybridized carbons (Fsp3) is 0.188. The van der Waals surface area contributed by atoms with Crippen molar-refractivity contribution in [1.82, 2.24) is 0 Å². The first kappa shape index (κ1) is 12.9. The van der Waals surface area contributed by atoms with Gasteiger partial charge in [0.2, 0.25) is 5.12 Å². The van der Waals surface area contributed by atoms with E-state index in [1.165, 1.54) is 17.3 Å². The second-order valence-corrected chi connectivity index (χ2v) is 5.27. The van der Waals surface area contributed by atoms with E-state index in [4.69, 9.17) is 0 Å². The Morgan fingerprint density at radius 1 is 1.00 bits per heavy atom. The second-order valence-electron chi connectivity index (χ2n) is 4.28. The van der Waals surface area contributed by atoms with Crippen LogP contribution in [0.3, 0.4) is 0 Å². The third-order valence-electron chi connectivity index (χ3n) is 2.84. The molecule has 0 amide bonds. The molecule has 2 heteroatoms. The number of hydrogen-bond donors (Lipinski definition) is 0. The van der Waals surface area contributed by atoms with Crippen molar-refractivity contribution >= 4 is 16.9 Å². The van der Waals surface area contributed by atoms with Crippen LogP contribution >= 0.6 is 11.8 Å². The summed E-state index contributed by atoms with van der Waals surface area (Å²) in [5, 5.41) is 0.151. The van der Waals surface area contributed by atoms with Crippen LogP contribution in [0.25, 0.3) is 0 Å². The first-order valence-electron chi connectivity index (χ1n) is 6.04. The number of carbonyl (C=O) groups is 1. The molecule has 0 radical (unpaired) electrons. The molecule has 0 aliphatic carbocycles. The number of benzene rings is 2. The molecule has 18 heavy (non-hydrogen) atoms. The van der Waals surface area contributed by atoms with Crippen LogP contribution in [0.2, 0.25) is 0 Å². The van der Waals surface area contributed by atoms with E-state index in [-0.39, 0.29) is 5.12 Å². The summed E-state index contributed by atoms with van der Waals surface area (Å²) in [6.07, 6.45) is 0. The Morgan fingerprint density at radius 2 is 1.56 bits per heavy atom. The van der Waals surface area contributed by atoms with Crippen LogP contribution in [-0.4, -0.2) is 10.9 Å². The lowest BCUT2D eigenvalue weighted by Gasteiger charge is -2.10. The third kappa shape index (κ3) is 3.47. The minimum atomic E-state index is 0.151. The molecule has 0 bridgehead atoms. The monoisotopic (exact) mass is 256 g/mol. The fourth-order valence-electron chi connectivity index (χ4n) is 1.74. The molecule has 1 nitrogen and oxygen atoms in total. The maximum absolute atomic E-state index is 11.9. The lowest BCUT2D eigenvalue weighted by molar-refractivity contribution is 0.108. The predicted octanol–water partition coefficient (Wildman–Crippen LogP) is 4.36. The van der Waals surface area contributed by atoms with Crippen LogP contribution in [0, 0.1) is 0 Å².